The average Bonchev–Trinajstić information content (AvgIpc) is 3.32. The van der Waals surface area contributed by atoms with Crippen molar-refractivity contribution in [3.05, 3.63) is 59.7 Å². The molecule has 0 unspecified atom stereocenters. The van der Waals surface area contributed by atoms with Crippen LogP contribution in [0.1, 0.15) is 41.7 Å². The first-order valence-electron chi connectivity index (χ1n) is 9.17. The zero-order chi connectivity index (χ0) is 18.6. The lowest BCUT2D eigenvalue weighted by Crippen LogP contribution is -2.40. The quantitative estimate of drug-likeness (QED) is 0.686. The highest BCUT2D eigenvalue weighted by Gasteiger charge is 2.28. The molecule has 0 spiro atoms. The summed E-state index contributed by atoms with van der Waals surface area (Å²) in [6, 6.07) is 5.91. The van der Waals surface area contributed by atoms with Crippen LogP contribution >= 0.6 is 0 Å². The lowest BCUT2D eigenvalue weighted by molar-refractivity contribution is -0.131. The Bertz CT molecular complexity index is 904. The molecule has 1 aliphatic rings. The van der Waals surface area contributed by atoms with Gasteiger partial charge in [0.1, 0.15) is 17.2 Å². The van der Waals surface area contributed by atoms with Crippen LogP contribution in [-0.4, -0.2) is 48.7 Å². The molecular weight excluding hydrogens is 344 g/mol. The SMILES string of the molecule is Cc1nonc1CC(=O)N1CCC[C@H](c2nccn2Cc2ccccn2)C1. The molecule has 8 nitrogen and oxygen atoms in total. The Morgan fingerprint density at radius 3 is 2.96 bits per heavy atom. The number of aromatic nitrogens is 5. The maximum absolute atomic E-state index is 12.7. The van der Waals surface area contributed by atoms with Gasteiger partial charge in [0.2, 0.25) is 5.91 Å². The number of hydrogen-bond acceptors (Lipinski definition) is 6. The topological polar surface area (TPSA) is 89.9 Å². The molecule has 0 radical (unpaired) electrons. The third-order valence-electron chi connectivity index (χ3n) is 5.01. The molecule has 0 aromatic carbocycles. The number of rotatable bonds is 5. The van der Waals surface area contributed by atoms with Gasteiger partial charge in [-0.25, -0.2) is 9.61 Å². The van der Waals surface area contributed by atoms with Crippen LogP contribution in [0.15, 0.2) is 41.4 Å². The van der Waals surface area contributed by atoms with Crippen LogP contribution in [0.4, 0.5) is 0 Å². The maximum Gasteiger partial charge on any atom is 0.228 e. The number of likely N-dealkylation sites (tertiary alicyclic amines) is 1. The van der Waals surface area contributed by atoms with Crippen molar-refractivity contribution in [1.82, 2.24) is 29.7 Å². The number of imidazole rings is 1. The van der Waals surface area contributed by atoms with E-state index in [1.54, 1.807) is 13.1 Å². The molecular formula is C19H22N6O2. The van der Waals surface area contributed by atoms with Gasteiger partial charge < -0.3 is 9.47 Å². The summed E-state index contributed by atoms with van der Waals surface area (Å²) in [5.41, 5.74) is 2.27. The van der Waals surface area contributed by atoms with Gasteiger partial charge in [0, 0.05) is 37.6 Å². The van der Waals surface area contributed by atoms with Gasteiger partial charge in [-0.2, -0.15) is 0 Å². The third kappa shape index (κ3) is 3.89. The number of carbonyl (C=O) groups is 1. The molecule has 27 heavy (non-hydrogen) atoms. The predicted molar refractivity (Wildman–Crippen MR) is 96.9 cm³/mol. The van der Waals surface area contributed by atoms with Crippen molar-refractivity contribution in [3.63, 3.8) is 0 Å². The van der Waals surface area contributed by atoms with Gasteiger partial charge in [-0.3, -0.25) is 9.78 Å². The number of piperidine rings is 1. The van der Waals surface area contributed by atoms with Crippen LogP contribution < -0.4 is 0 Å². The first-order valence-corrected chi connectivity index (χ1v) is 9.17. The zero-order valence-electron chi connectivity index (χ0n) is 15.3. The second kappa shape index (κ2) is 7.69. The van der Waals surface area contributed by atoms with E-state index in [0.29, 0.717) is 24.5 Å². The second-order valence-electron chi connectivity index (χ2n) is 6.89. The summed E-state index contributed by atoms with van der Waals surface area (Å²) in [7, 11) is 0. The Balaban J connectivity index is 1.45. The molecule has 3 aromatic heterocycles. The van der Waals surface area contributed by atoms with Crippen molar-refractivity contribution in [2.45, 2.75) is 38.6 Å². The highest BCUT2D eigenvalue weighted by Crippen LogP contribution is 2.26. The number of aryl methyl sites for hydroxylation is 1. The summed E-state index contributed by atoms with van der Waals surface area (Å²) >= 11 is 0. The number of carbonyl (C=O) groups excluding carboxylic acids is 1. The Morgan fingerprint density at radius 2 is 2.19 bits per heavy atom. The minimum absolute atomic E-state index is 0.0568. The molecule has 140 valence electrons. The van der Waals surface area contributed by atoms with Gasteiger partial charge in [-0.15, -0.1) is 0 Å². The largest absolute Gasteiger partial charge is 0.342 e. The van der Waals surface area contributed by atoms with Crippen molar-refractivity contribution in [2.24, 2.45) is 0 Å². The van der Waals surface area contributed by atoms with Crippen LogP contribution in [0.2, 0.25) is 0 Å². The first kappa shape index (κ1) is 17.4. The summed E-state index contributed by atoms with van der Waals surface area (Å²) in [5, 5.41) is 7.57. The number of hydrogen-bond donors (Lipinski definition) is 0. The molecule has 8 heteroatoms. The molecule has 1 fully saturated rings. The Morgan fingerprint density at radius 1 is 1.26 bits per heavy atom. The minimum atomic E-state index is 0.0568. The fraction of sp³-hybridized carbons (Fsp3) is 0.421. The van der Waals surface area contributed by atoms with Gasteiger partial charge >= 0.3 is 0 Å². The van der Waals surface area contributed by atoms with E-state index >= 15 is 0 Å². The van der Waals surface area contributed by atoms with Crippen molar-refractivity contribution < 1.29 is 9.42 Å². The van der Waals surface area contributed by atoms with Crippen LogP contribution in [0.3, 0.4) is 0 Å². The summed E-state index contributed by atoms with van der Waals surface area (Å²) in [4.78, 5) is 23.6. The number of pyridine rings is 1. The zero-order valence-corrected chi connectivity index (χ0v) is 15.3. The van der Waals surface area contributed by atoms with Gasteiger partial charge in [0.25, 0.3) is 0 Å². The Kier molecular flexibility index (Phi) is 4.95. The molecule has 1 saturated heterocycles. The number of amides is 1. The summed E-state index contributed by atoms with van der Waals surface area (Å²) in [5.74, 6) is 1.29. The van der Waals surface area contributed by atoms with Gasteiger partial charge in [-0.05, 0) is 31.9 Å². The monoisotopic (exact) mass is 366 g/mol. The molecule has 3 aromatic rings. The molecule has 0 bridgehead atoms. The van der Waals surface area contributed by atoms with E-state index in [9.17, 15) is 4.79 Å². The lowest BCUT2D eigenvalue weighted by atomic mass is 9.96. The lowest BCUT2D eigenvalue weighted by Gasteiger charge is -2.32. The summed E-state index contributed by atoms with van der Waals surface area (Å²) in [6.45, 7) is 3.92. The second-order valence-corrected chi connectivity index (χ2v) is 6.89. The molecule has 4 heterocycles. The van der Waals surface area contributed by atoms with Crippen molar-refractivity contribution >= 4 is 5.91 Å². The predicted octanol–water partition coefficient (Wildman–Crippen LogP) is 1.97. The van der Waals surface area contributed by atoms with E-state index in [4.69, 9.17) is 4.63 Å². The first-order chi connectivity index (χ1) is 13.2. The van der Waals surface area contributed by atoms with E-state index in [1.807, 2.05) is 35.5 Å². The van der Waals surface area contributed by atoms with Crippen LogP contribution in [0.5, 0.6) is 0 Å². The highest BCUT2D eigenvalue weighted by atomic mass is 16.6. The average molecular weight is 366 g/mol. The molecule has 0 aliphatic carbocycles. The van der Waals surface area contributed by atoms with E-state index in [2.05, 4.69) is 24.8 Å². The van der Waals surface area contributed by atoms with E-state index < -0.39 is 0 Å². The van der Waals surface area contributed by atoms with Gasteiger partial charge in [0.05, 0.1) is 18.7 Å². The van der Waals surface area contributed by atoms with E-state index in [-0.39, 0.29) is 18.2 Å². The van der Waals surface area contributed by atoms with Crippen molar-refractivity contribution in [1.29, 1.82) is 0 Å². The van der Waals surface area contributed by atoms with Crippen LogP contribution in [-0.2, 0) is 17.8 Å². The molecule has 0 N–H and O–H groups in total. The maximum atomic E-state index is 12.7. The molecule has 1 atom stereocenters. The van der Waals surface area contributed by atoms with Gasteiger partial charge in [0.15, 0.2) is 0 Å². The van der Waals surface area contributed by atoms with Crippen molar-refractivity contribution in [2.75, 3.05) is 13.1 Å². The third-order valence-corrected chi connectivity index (χ3v) is 5.01. The summed E-state index contributed by atoms with van der Waals surface area (Å²) in [6.07, 6.45) is 7.81. The molecule has 1 aliphatic heterocycles. The van der Waals surface area contributed by atoms with E-state index in [1.165, 1.54) is 0 Å². The summed E-state index contributed by atoms with van der Waals surface area (Å²) < 4.78 is 6.83. The molecule has 1 amide bonds. The Labute approximate surface area is 157 Å². The number of nitrogens with zero attached hydrogens (tertiary/aromatic N) is 6. The van der Waals surface area contributed by atoms with Crippen LogP contribution in [0, 0.1) is 6.92 Å². The fourth-order valence-corrected chi connectivity index (χ4v) is 3.56. The normalized spacial score (nSPS) is 17.2. The molecule has 0 saturated carbocycles. The van der Waals surface area contributed by atoms with Gasteiger partial charge in [-0.1, -0.05) is 16.4 Å². The van der Waals surface area contributed by atoms with Crippen molar-refractivity contribution in [3.8, 4) is 0 Å². The van der Waals surface area contributed by atoms with Crippen LogP contribution in [0.25, 0.3) is 0 Å². The highest BCUT2D eigenvalue weighted by molar-refractivity contribution is 5.78. The Hall–Kier alpha value is -3.03. The fourth-order valence-electron chi connectivity index (χ4n) is 3.56. The smallest absolute Gasteiger partial charge is 0.228 e. The van der Waals surface area contributed by atoms with E-state index in [0.717, 1.165) is 30.9 Å². The minimum Gasteiger partial charge on any atom is -0.342 e. The standard InChI is InChI=1S/C19H22N6O2/c1-14-17(23-27-22-14)11-18(26)24-9-4-5-15(12-24)19-21-8-10-25(19)13-16-6-2-3-7-20-16/h2-3,6-8,10,15H,4-5,9,11-13H2,1H3/t15-/m0/s1. The molecule has 4 rings (SSSR count).